The van der Waals surface area contributed by atoms with Crippen LogP contribution in [0.3, 0.4) is 0 Å². The summed E-state index contributed by atoms with van der Waals surface area (Å²) in [6.07, 6.45) is 12.4. The van der Waals surface area contributed by atoms with Crippen LogP contribution in [0.2, 0.25) is 0 Å². The smallest absolute Gasteiger partial charge is 0.193 e. The Balaban J connectivity index is 1.30. The minimum Gasteiger partial charge on any atom is -0.351 e. The summed E-state index contributed by atoms with van der Waals surface area (Å²) in [4.78, 5) is 0. The van der Waals surface area contributed by atoms with Crippen LogP contribution in [-0.4, -0.2) is 11.5 Å². The van der Waals surface area contributed by atoms with Crippen LogP contribution < -0.4 is 10.6 Å². The summed E-state index contributed by atoms with van der Waals surface area (Å²) in [5.74, 6) is 3.09. The molecule has 138 valence electrons. The van der Waals surface area contributed by atoms with E-state index in [1.54, 1.807) is 0 Å². The highest BCUT2D eigenvalue weighted by Gasteiger charge is 2.51. The molecule has 3 N–H and O–H groups in total. The Hall–Kier alpha value is -1.81. The lowest BCUT2D eigenvalue weighted by atomic mass is 9.53. The fourth-order valence-corrected chi connectivity index (χ4v) is 7.33. The molecule has 4 bridgehead atoms. The molecule has 0 atom stereocenters. The molecule has 3 nitrogen and oxygen atoms in total. The third-order valence-electron chi connectivity index (χ3n) is 7.30. The van der Waals surface area contributed by atoms with Gasteiger partial charge < -0.3 is 10.6 Å². The fourth-order valence-electron chi connectivity index (χ4n) is 6.77. The number of halogens is 1. The molecule has 0 radical (unpaired) electrons. The van der Waals surface area contributed by atoms with Gasteiger partial charge in [0.2, 0.25) is 0 Å². The van der Waals surface area contributed by atoms with E-state index in [1.807, 2.05) is 0 Å². The second-order valence-corrected chi connectivity index (χ2v) is 10.1. The summed E-state index contributed by atoms with van der Waals surface area (Å²) in [5, 5.41) is 18.2. The van der Waals surface area contributed by atoms with E-state index in [2.05, 4.69) is 63.0 Å². The minimum absolute atomic E-state index is 0.154. The number of guanidine groups is 1. The van der Waals surface area contributed by atoms with Crippen LogP contribution in [0.25, 0.3) is 22.9 Å². The van der Waals surface area contributed by atoms with Crippen LogP contribution in [0.1, 0.15) is 49.7 Å². The van der Waals surface area contributed by atoms with Gasteiger partial charge in [-0.15, -0.1) is 0 Å². The predicted octanol–water partition coefficient (Wildman–Crippen LogP) is 5.99. The van der Waals surface area contributed by atoms with Crippen LogP contribution >= 0.6 is 15.9 Å². The highest BCUT2D eigenvalue weighted by molar-refractivity contribution is 9.10. The molecule has 0 spiro atoms. The first kappa shape index (κ1) is 16.2. The van der Waals surface area contributed by atoms with Crippen molar-refractivity contribution in [2.45, 2.75) is 44.1 Å². The lowest BCUT2D eigenvalue weighted by Gasteiger charge is -2.57. The third kappa shape index (κ3) is 2.49. The Morgan fingerprint density at radius 1 is 1.00 bits per heavy atom. The third-order valence-corrected chi connectivity index (χ3v) is 7.92. The van der Waals surface area contributed by atoms with Crippen LogP contribution in [0, 0.1) is 23.2 Å². The zero-order chi connectivity index (χ0) is 18.2. The van der Waals surface area contributed by atoms with Gasteiger partial charge in [0.1, 0.15) is 0 Å². The molecule has 5 aliphatic rings. The number of nitrogens with one attached hydrogen (secondary N) is 3. The van der Waals surface area contributed by atoms with Crippen LogP contribution in [0.4, 0.5) is 5.69 Å². The molecule has 0 unspecified atom stereocenters. The lowest BCUT2D eigenvalue weighted by molar-refractivity contribution is -0.0101. The number of rotatable bonds is 2. The molecule has 27 heavy (non-hydrogen) atoms. The van der Waals surface area contributed by atoms with Gasteiger partial charge in [-0.05, 0) is 94.8 Å². The van der Waals surface area contributed by atoms with Crippen molar-refractivity contribution >= 4 is 50.5 Å². The van der Waals surface area contributed by atoms with Crippen molar-refractivity contribution in [2.24, 2.45) is 17.8 Å². The number of anilines is 1. The Morgan fingerprint density at radius 3 is 2.37 bits per heavy atom. The normalized spacial score (nSPS) is 32.3. The largest absolute Gasteiger partial charge is 0.351 e. The van der Waals surface area contributed by atoms with Crippen molar-refractivity contribution in [1.29, 1.82) is 5.41 Å². The maximum Gasteiger partial charge on any atom is 0.193 e. The molecule has 4 saturated carbocycles. The maximum absolute atomic E-state index is 8.70. The summed E-state index contributed by atoms with van der Waals surface area (Å²) in [6.45, 7) is 0. The van der Waals surface area contributed by atoms with Crippen molar-refractivity contribution in [1.82, 2.24) is 5.32 Å². The zero-order valence-electron chi connectivity index (χ0n) is 15.3. The fraction of sp³-hybridized carbons (Fsp3) is 0.435. The SMILES string of the molecule is N=C(Nc1c(Br)cc2c3c(cccc13)C=C2)NC12CC3CC(CC(C3)C1)C2. The number of benzene rings is 2. The zero-order valence-corrected chi connectivity index (χ0v) is 16.9. The molecule has 0 saturated heterocycles. The highest BCUT2D eigenvalue weighted by Crippen LogP contribution is 2.55. The molecule has 4 fully saturated rings. The van der Waals surface area contributed by atoms with E-state index < -0.39 is 0 Å². The monoisotopic (exact) mass is 421 g/mol. The molecule has 2 aromatic rings. The molecule has 0 aliphatic heterocycles. The quantitative estimate of drug-likeness (QED) is 0.351. The topological polar surface area (TPSA) is 47.9 Å². The summed E-state index contributed by atoms with van der Waals surface area (Å²) >= 11 is 3.73. The van der Waals surface area contributed by atoms with Crippen LogP contribution in [0.15, 0.2) is 28.7 Å². The average Bonchev–Trinajstić information content (AvgIpc) is 3.01. The molecule has 0 heterocycles. The van der Waals surface area contributed by atoms with Gasteiger partial charge in [0, 0.05) is 15.4 Å². The first-order chi connectivity index (χ1) is 13.1. The van der Waals surface area contributed by atoms with E-state index in [4.69, 9.17) is 5.41 Å². The van der Waals surface area contributed by atoms with Gasteiger partial charge in [0.25, 0.3) is 0 Å². The summed E-state index contributed by atoms with van der Waals surface area (Å²) in [6, 6.07) is 8.58. The van der Waals surface area contributed by atoms with Crippen LogP contribution in [0.5, 0.6) is 0 Å². The molecular weight excluding hydrogens is 398 g/mol. The summed E-state index contributed by atoms with van der Waals surface area (Å²) in [5.41, 5.74) is 3.67. The molecule has 0 amide bonds. The van der Waals surface area contributed by atoms with Crippen molar-refractivity contribution in [2.75, 3.05) is 5.32 Å². The average molecular weight is 422 g/mol. The Morgan fingerprint density at radius 2 is 1.67 bits per heavy atom. The molecule has 4 heteroatoms. The van der Waals surface area contributed by atoms with Gasteiger partial charge in [-0.2, -0.15) is 0 Å². The van der Waals surface area contributed by atoms with Crippen molar-refractivity contribution in [3.05, 3.63) is 39.9 Å². The van der Waals surface area contributed by atoms with Crippen molar-refractivity contribution in [3.63, 3.8) is 0 Å². The summed E-state index contributed by atoms with van der Waals surface area (Å²) < 4.78 is 1.02. The van der Waals surface area contributed by atoms with E-state index in [-0.39, 0.29) is 5.54 Å². The molecule has 0 aromatic heterocycles. The first-order valence-electron chi connectivity index (χ1n) is 10.2. The Labute approximate surface area is 168 Å². The number of hydrogen-bond donors (Lipinski definition) is 3. The van der Waals surface area contributed by atoms with Gasteiger partial charge >= 0.3 is 0 Å². The van der Waals surface area contributed by atoms with E-state index in [0.29, 0.717) is 5.96 Å². The van der Waals surface area contributed by atoms with E-state index in [9.17, 15) is 0 Å². The van der Waals surface area contributed by atoms with Crippen LogP contribution in [-0.2, 0) is 0 Å². The molecular formula is C23H24BrN3. The second-order valence-electron chi connectivity index (χ2n) is 9.25. The van der Waals surface area contributed by atoms with Gasteiger partial charge in [-0.1, -0.05) is 30.4 Å². The van der Waals surface area contributed by atoms with E-state index in [1.165, 1.54) is 60.4 Å². The highest BCUT2D eigenvalue weighted by atomic mass is 79.9. The maximum atomic E-state index is 8.70. The first-order valence-corrected chi connectivity index (χ1v) is 10.9. The standard InChI is InChI=1S/C23H24BrN3/c24-19-9-17-5-4-16-2-1-3-18(20(16)17)21(19)26-22(25)27-23-10-13-6-14(11-23)8-15(7-13)12-23/h1-5,9,13-15H,6-8,10-12H2,(H3,25,26,27). The Kier molecular flexibility index (Phi) is 3.36. The predicted molar refractivity (Wildman–Crippen MR) is 116 cm³/mol. The van der Waals surface area contributed by atoms with Gasteiger partial charge in [0.15, 0.2) is 5.96 Å². The molecule has 2 aromatic carbocycles. The van der Waals surface area contributed by atoms with Gasteiger partial charge in [0.05, 0.1) is 5.69 Å². The molecule has 5 aliphatic carbocycles. The summed E-state index contributed by atoms with van der Waals surface area (Å²) in [7, 11) is 0. The number of hydrogen-bond acceptors (Lipinski definition) is 1. The van der Waals surface area contributed by atoms with Crippen molar-refractivity contribution < 1.29 is 0 Å². The second kappa shape index (κ2) is 5.60. The Bertz CT molecular complexity index is 971. The molecule has 7 rings (SSSR count). The van der Waals surface area contributed by atoms with Gasteiger partial charge in [-0.3, -0.25) is 5.41 Å². The minimum atomic E-state index is 0.154. The lowest BCUT2D eigenvalue weighted by Crippen LogP contribution is -2.60. The van der Waals surface area contributed by atoms with Gasteiger partial charge in [-0.25, -0.2) is 0 Å². The van der Waals surface area contributed by atoms with E-state index >= 15 is 0 Å². The van der Waals surface area contributed by atoms with Crippen molar-refractivity contribution in [3.8, 4) is 0 Å². The van der Waals surface area contributed by atoms with E-state index in [0.717, 1.165) is 27.9 Å².